The van der Waals surface area contributed by atoms with Crippen molar-refractivity contribution in [3.05, 3.63) is 72.9 Å². The van der Waals surface area contributed by atoms with Gasteiger partial charge in [0.2, 0.25) is 5.91 Å². The van der Waals surface area contributed by atoms with Gasteiger partial charge in [0, 0.05) is 6.42 Å². The third kappa shape index (κ3) is 46.0. The summed E-state index contributed by atoms with van der Waals surface area (Å²) in [5.41, 5.74) is 0. The predicted molar refractivity (Wildman–Crippen MR) is 327 cm³/mol. The molecule has 0 radical (unpaired) electrons. The van der Waals surface area contributed by atoms with E-state index < -0.39 is 49.5 Å². The van der Waals surface area contributed by atoms with Gasteiger partial charge in [-0.05, 0) is 70.6 Å². The van der Waals surface area contributed by atoms with Crippen molar-refractivity contribution in [1.29, 1.82) is 0 Å². The largest absolute Gasteiger partial charge is 0.394 e. The standard InChI is InChI=1S/C68H123NO8/c1-3-5-7-9-11-13-15-17-19-21-22-23-24-25-26-27-28-29-30-31-32-33-34-35-36-37-38-39-40-42-44-46-48-50-52-54-56-58-64(72)69-61(60-76-68-67(75)66(74)65(73)63(59-70)77-68)62(71)57-55-53-51-49-47-45-43-41-20-18-16-14-12-10-8-6-4-2/h5,7,11,13,17,19,22-23,47,49,55,57,61-63,65-68,70-71,73-75H,3-4,6,8-10,12,14-16,18,20-21,24-46,48,50-54,56,58-60H2,1-2H3,(H,69,72)/b7-5-,13-11-,19-17-,23-22-,49-47+,57-55+. The van der Waals surface area contributed by atoms with E-state index in [1.807, 2.05) is 6.08 Å². The molecule has 9 nitrogen and oxygen atoms in total. The molecule has 0 bridgehead atoms. The Morgan fingerprint density at radius 3 is 1.25 bits per heavy atom. The number of carbonyl (C=O) groups is 1. The normalized spacial score (nSPS) is 19.2. The Morgan fingerprint density at radius 1 is 0.455 bits per heavy atom. The fraction of sp³-hybridized carbons (Fsp3) is 0.809. The van der Waals surface area contributed by atoms with E-state index in [4.69, 9.17) is 9.47 Å². The molecule has 1 rings (SSSR count). The van der Waals surface area contributed by atoms with Crippen molar-refractivity contribution >= 4 is 5.91 Å². The van der Waals surface area contributed by atoms with Gasteiger partial charge < -0.3 is 40.3 Å². The molecule has 0 aromatic rings. The lowest BCUT2D eigenvalue weighted by Crippen LogP contribution is -2.60. The molecule has 0 aliphatic carbocycles. The van der Waals surface area contributed by atoms with E-state index in [2.05, 4.69) is 79.9 Å². The first-order valence-corrected chi connectivity index (χ1v) is 32.7. The Labute approximate surface area is 474 Å². The zero-order valence-corrected chi connectivity index (χ0v) is 50.0. The molecular formula is C68H123NO8. The number of rotatable bonds is 56. The summed E-state index contributed by atoms with van der Waals surface area (Å²) in [6.45, 7) is 3.67. The van der Waals surface area contributed by atoms with Crippen LogP contribution in [-0.2, 0) is 14.3 Å². The second kappa shape index (κ2) is 56.9. The van der Waals surface area contributed by atoms with Crippen molar-refractivity contribution in [1.82, 2.24) is 5.32 Å². The van der Waals surface area contributed by atoms with Crippen LogP contribution in [0.25, 0.3) is 0 Å². The molecular weight excluding hydrogens is 959 g/mol. The Hall–Kier alpha value is -2.37. The molecule has 0 aromatic heterocycles. The summed E-state index contributed by atoms with van der Waals surface area (Å²) in [5.74, 6) is -0.183. The molecule has 1 fully saturated rings. The molecule has 1 aliphatic heterocycles. The van der Waals surface area contributed by atoms with Crippen LogP contribution in [0.5, 0.6) is 0 Å². The van der Waals surface area contributed by atoms with Crippen molar-refractivity contribution in [3.63, 3.8) is 0 Å². The fourth-order valence-electron chi connectivity index (χ4n) is 10.2. The quantitative estimate of drug-likeness (QED) is 0.0261. The van der Waals surface area contributed by atoms with Crippen LogP contribution in [0.4, 0.5) is 0 Å². The third-order valence-electron chi connectivity index (χ3n) is 15.3. The maximum Gasteiger partial charge on any atom is 0.220 e. The Morgan fingerprint density at radius 2 is 0.818 bits per heavy atom. The van der Waals surface area contributed by atoms with Crippen LogP contribution in [0, 0.1) is 0 Å². The Bertz CT molecular complexity index is 1440. The molecule has 7 unspecified atom stereocenters. The van der Waals surface area contributed by atoms with Gasteiger partial charge in [-0.3, -0.25) is 4.79 Å². The number of hydrogen-bond donors (Lipinski definition) is 6. The number of hydrogen-bond acceptors (Lipinski definition) is 8. The molecule has 0 spiro atoms. The Kier molecular flexibility index (Phi) is 53.7. The van der Waals surface area contributed by atoms with E-state index in [0.717, 1.165) is 64.2 Å². The van der Waals surface area contributed by atoms with Gasteiger partial charge in [-0.25, -0.2) is 0 Å². The molecule has 448 valence electrons. The van der Waals surface area contributed by atoms with Crippen LogP contribution in [0.3, 0.4) is 0 Å². The average Bonchev–Trinajstić information content (AvgIpc) is 3.43. The van der Waals surface area contributed by atoms with Crippen LogP contribution in [0.15, 0.2) is 72.9 Å². The van der Waals surface area contributed by atoms with Gasteiger partial charge in [0.05, 0.1) is 25.4 Å². The molecule has 1 amide bonds. The smallest absolute Gasteiger partial charge is 0.220 e. The van der Waals surface area contributed by atoms with Crippen LogP contribution in [0.1, 0.15) is 296 Å². The first-order valence-electron chi connectivity index (χ1n) is 32.7. The van der Waals surface area contributed by atoms with E-state index in [0.29, 0.717) is 6.42 Å². The summed E-state index contributed by atoms with van der Waals surface area (Å²) in [7, 11) is 0. The van der Waals surface area contributed by atoms with E-state index >= 15 is 0 Å². The van der Waals surface area contributed by atoms with Crippen molar-refractivity contribution in [2.45, 2.75) is 339 Å². The van der Waals surface area contributed by atoms with Gasteiger partial charge in [-0.15, -0.1) is 0 Å². The van der Waals surface area contributed by atoms with Crippen LogP contribution in [0.2, 0.25) is 0 Å². The topological polar surface area (TPSA) is 149 Å². The summed E-state index contributed by atoms with van der Waals surface area (Å²) >= 11 is 0. The number of amides is 1. The second-order valence-corrected chi connectivity index (χ2v) is 22.5. The number of nitrogens with one attached hydrogen (secondary N) is 1. The Balaban J connectivity index is 2.09. The molecule has 6 N–H and O–H groups in total. The second-order valence-electron chi connectivity index (χ2n) is 22.5. The van der Waals surface area contributed by atoms with Gasteiger partial charge in [0.15, 0.2) is 6.29 Å². The molecule has 1 saturated heterocycles. The fourth-order valence-corrected chi connectivity index (χ4v) is 10.2. The van der Waals surface area contributed by atoms with Gasteiger partial charge in [0.1, 0.15) is 24.4 Å². The van der Waals surface area contributed by atoms with E-state index in [1.54, 1.807) is 6.08 Å². The highest BCUT2D eigenvalue weighted by atomic mass is 16.7. The zero-order chi connectivity index (χ0) is 55.8. The first kappa shape index (κ1) is 72.6. The summed E-state index contributed by atoms with van der Waals surface area (Å²) in [6, 6.07) is -0.822. The number of aliphatic hydroxyl groups excluding tert-OH is 5. The highest BCUT2D eigenvalue weighted by molar-refractivity contribution is 5.76. The summed E-state index contributed by atoms with van der Waals surface area (Å²) in [4.78, 5) is 13.1. The summed E-state index contributed by atoms with van der Waals surface area (Å²) in [6.07, 6.45) is 72.9. The number of allylic oxidation sites excluding steroid dienone is 11. The van der Waals surface area contributed by atoms with Crippen LogP contribution >= 0.6 is 0 Å². The van der Waals surface area contributed by atoms with Gasteiger partial charge in [-0.2, -0.15) is 0 Å². The highest BCUT2D eigenvalue weighted by Crippen LogP contribution is 2.23. The minimum atomic E-state index is -1.57. The maximum atomic E-state index is 13.1. The lowest BCUT2D eigenvalue weighted by molar-refractivity contribution is -0.302. The third-order valence-corrected chi connectivity index (χ3v) is 15.3. The van der Waals surface area contributed by atoms with Gasteiger partial charge >= 0.3 is 0 Å². The lowest BCUT2D eigenvalue weighted by atomic mass is 9.99. The molecule has 1 heterocycles. The van der Waals surface area contributed by atoms with Gasteiger partial charge in [0.25, 0.3) is 0 Å². The lowest BCUT2D eigenvalue weighted by Gasteiger charge is -2.40. The predicted octanol–water partition coefficient (Wildman–Crippen LogP) is 17.2. The van der Waals surface area contributed by atoms with Crippen molar-refractivity contribution in [2.75, 3.05) is 13.2 Å². The van der Waals surface area contributed by atoms with Gasteiger partial charge in [-0.1, -0.05) is 292 Å². The molecule has 77 heavy (non-hydrogen) atoms. The minimum absolute atomic E-state index is 0.183. The van der Waals surface area contributed by atoms with E-state index in [1.165, 1.54) is 212 Å². The summed E-state index contributed by atoms with van der Waals surface area (Å²) < 4.78 is 11.3. The molecule has 0 aromatic carbocycles. The molecule has 0 saturated carbocycles. The average molecular weight is 1080 g/mol. The van der Waals surface area contributed by atoms with Crippen LogP contribution < -0.4 is 5.32 Å². The number of aliphatic hydroxyl groups is 5. The number of ether oxygens (including phenoxy) is 2. The minimum Gasteiger partial charge on any atom is -0.394 e. The molecule has 1 aliphatic rings. The van der Waals surface area contributed by atoms with Crippen molar-refractivity contribution < 1.29 is 39.8 Å². The van der Waals surface area contributed by atoms with Crippen LogP contribution in [-0.4, -0.2) is 87.5 Å². The van der Waals surface area contributed by atoms with E-state index in [9.17, 15) is 30.3 Å². The number of unbranched alkanes of at least 4 members (excludes halogenated alkanes) is 36. The van der Waals surface area contributed by atoms with Crippen molar-refractivity contribution in [3.8, 4) is 0 Å². The first-order chi connectivity index (χ1) is 37.8. The van der Waals surface area contributed by atoms with Crippen molar-refractivity contribution in [2.24, 2.45) is 0 Å². The highest BCUT2D eigenvalue weighted by Gasteiger charge is 2.44. The molecule has 7 atom stereocenters. The SMILES string of the molecule is CC/C=C\C/C=C\C/C=C\C/C=C\CCCCCCCCCCCCCCCCCCCCCCCCCCC(=O)NC(COC1OC(CO)C(O)C(O)C1O)C(O)/C=C/CC/C=C/CCCCCCCCCCCCC. The van der Waals surface area contributed by atoms with E-state index in [-0.39, 0.29) is 12.5 Å². The molecule has 9 heteroatoms. The monoisotopic (exact) mass is 1080 g/mol. The number of carbonyl (C=O) groups excluding carboxylic acids is 1. The maximum absolute atomic E-state index is 13.1. The zero-order valence-electron chi connectivity index (χ0n) is 50.0. The summed E-state index contributed by atoms with van der Waals surface area (Å²) in [5, 5.41) is 54.6.